The van der Waals surface area contributed by atoms with Crippen LogP contribution in [0.25, 0.3) is 11.4 Å². The van der Waals surface area contributed by atoms with Crippen LogP contribution in [0.15, 0.2) is 59.1 Å². The minimum atomic E-state index is 0.0704. The van der Waals surface area contributed by atoms with Crippen LogP contribution in [0.2, 0.25) is 0 Å². The summed E-state index contributed by atoms with van der Waals surface area (Å²) in [5.74, 6) is 1.27. The van der Waals surface area contributed by atoms with Gasteiger partial charge in [-0.2, -0.15) is 4.98 Å². The van der Waals surface area contributed by atoms with Crippen LogP contribution < -0.4 is 5.32 Å². The van der Waals surface area contributed by atoms with Crippen LogP contribution in [0, 0.1) is 6.92 Å². The van der Waals surface area contributed by atoms with Crippen LogP contribution in [-0.2, 0) is 17.6 Å². The van der Waals surface area contributed by atoms with E-state index < -0.39 is 0 Å². The highest BCUT2D eigenvalue weighted by atomic mass is 16.5. The molecule has 0 bridgehead atoms. The van der Waals surface area contributed by atoms with Crippen molar-refractivity contribution < 1.29 is 9.32 Å². The second-order valence-corrected chi connectivity index (χ2v) is 6.32. The first kappa shape index (κ1) is 17.9. The zero-order chi connectivity index (χ0) is 18.2. The van der Waals surface area contributed by atoms with E-state index in [1.807, 2.05) is 30.3 Å². The first-order valence-electron chi connectivity index (χ1n) is 8.91. The summed E-state index contributed by atoms with van der Waals surface area (Å²) < 4.78 is 5.27. The predicted molar refractivity (Wildman–Crippen MR) is 101 cm³/mol. The van der Waals surface area contributed by atoms with E-state index >= 15 is 0 Å². The Morgan fingerprint density at radius 3 is 2.58 bits per heavy atom. The number of hydrogen-bond acceptors (Lipinski definition) is 4. The second-order valence-electron chi connectivity index (χ2n) is 6.32. The molecule has 0 aliphatic carbocycles. The topological polar surface area (TPSA) is 68.0 Å². The second kappa shape index (κ2) is 8.94. The van der Waals surface area contributed by atoms with Crippen LogP contribution in [-0.4, -0.2) is 22.6 Å². The van der Waals surface area contributed by atoms with Crippen molar-refractivity contribution in [3.8, 4) is 11.4 Å². The van der Waals surface area contributed by atoms with Crippen molar-refractivity contribution in [3.05, 3.63) is 71.6 Å². The molecule has 26 heavy (non-hydrogen) atoms. The molecule has 1 heterocycles. The minimum absolute atomic E-state index is 0.0704. The van der Waals surface area contributed by atoms with Gasteiger partial charge in [0.05, 0.1) is 0 Å². The maximum atomic E-state index is 11.9. The van der Waals surface area contributed by atoms with Crippen LogP contribution in [0.5, 0.6) is 0 Å². The van der Waals surface area contributed by atoms with Crippen molar-refractivity contribution in [2.75, 3.05) is 6.54 Å². The third-order valence-corrected chi connectivity index (χ3v) is 4.15. The number of carbonyl (C=O) groups is 1. The van der Waals surface area contributed by atoms with E-state index in [0.717, 1.165) is 18.4 Å². The summed E-state index contributed by atoms with van der Waals surface area (Å²) in [4.78, 5) is 16.3. The van der Waals surface area contributed by atoms with Crippen LogP contribution in [0.4, 0.5) is 0 Å². The molecule has 0 radical (unpaired) electrons. The van der Waals surface area contributed by atoms with E-state index in [2.05, 4.69) is 46.6 Å². The molecule has 3 aromatic rings. The molecule has 1 N–H and O–H groups in total. The summed E-state index contributed by atoms with van der Waals surface area (Å²) >= 11 is 0. The van der Waals surface area contributed by atoms with Crippen LogP contribution in [0.3, 0.4) is 0 Å². The van der Waals surface area contributed by atoms with Gasteiger partial charge in [0.2, 0.25) is 17.6 Å². The van der Waals surface area contributed by atoms with Gasteiger partial charge in [-0.05, 0) is 25.3 Å². The first-order chi connectivity index (χ1) is 12.7. The molecule has 1 aromatic heterocycles. The molecular weight excluding hydrogens is 326 g/mol. The lowest BCUT2D eigenvalue weighted by atomic mass is 10.1. The maximum absolute atomic E-state index is 11.9. The zero-order valence-corrected chi connectivity index (χ0v) is 14.9. The lowest BCUT2D eigenvalue weighted by molar-refractivity contribution is -0.121. The average molecular weight is 349 g/mol. The quantitative estimate of drug-likeness (QED) is 0.629. The normalized spacial score (nSPS) is 10.7. The van der Waals surface area contributed by atoms with Gasteiger partial charge in [-0.3, -0.25) is 4.79 Å². The fraction of sp³-hybridized carbons (Fsp3) is 0.286. The highest BCUT2D eigenvalue weighted by Gasteiger charge is 2.08. The fourth-order valence-corrected chi connectivity index (χ4v) is 2.63. The molecule has 0 spiro atoms. The summed E-state index contributed by atoms with van der Waals surface area (Å²) in [6.07, 6.45) is 2.68. The summed E-state index contributed by atoms with van der Waals surface area (Å²) in [5.41, 5.74) is 3.35. The Morgan fingerprint density at radius 2 is 1.81 bits per heavy atom. The lowest BCUT2D eigenvalue weighted by Gasteiger charge is -2.04. The molecule has 5 heteroatoms. The van der Waals surface area contributed by atoms with Gasteiger partial charge >= 0.3 is 0 Å². The number of nitrogens with zero attached hydrogens (tertiary/aromatic N) is 2. The number of benzene rings is 2. The van der Waals surface area contributed by atoms with E-state index in [4.69, 9.17) is 4.52 Å². The molecule has 0 unspecified atom stereocenters. The third-order valence-electron chi connectivity index (χ3n) is 4.15. The van der Waals surface area contributed by atoms with Gasteiger partial charge in [0, 0.05) is 24.9 Å². The molecular formula is C21H23N3O2. The average Bonchev–Trinajstić information content (AvgIpc) is 3.14. The molecule has 134 valence electrons. The summed E-state index contributed by atoms with van der Waals surface area (Å²) in [6.45, 7) is 2.67. The smallest absolute Gasteiger partial charge is 0.227 e. The molecule has 0 aliphatic rings. The predicted octanol–water partition coefficient (Wildman–Crippen LogP) is 3.73. The first-order valence-corrected chi connectivity index (χ1v) is 8.91. The van der Waals surface area contributed by atoms with Crippen molar-refractivity contribution in [2.45, 2.75) is 32.6 Å². The molecule has 5 nitrogen and oxygen atoms in total. The van der Waals surface area contributed by atoms with Gasteiger partial charge in [-0.15, -0.1) is 0 Å². The lowest BCUT2D eigenvalue weighted by Crippen LogP contribution is -2.25. The number of aromatic nitrogens is 2. The standard InChI is InChI=1S/C21H23N3O2/c1-16-9-11-17(12-10-16)13-14-19(25)22-15-5-8-20-23-21(24-26-20)18-6-3-2-4-7-18/h2-4,6-7,9-12H,5,8,13-15H2,1H3,(H,22,25). The largest absolute Gasteiger partial charge is 0.356 e. The maximum Gasteiger partial charge on any atom is 0.227 e. The van der Waals surface area contributed by atoms with Crippen molar-refractivity contribution in [2.24, 2.45) is 0 Å². The Bertz CT molecular complexity index is 826. The zero-order valence-electron chi connectivity index (χ0n) is 14.9. The number of amides is 1. The molecule has 0 saturated heterocycles. The van der Waals surface area contributed by atoms with E-state index in [-0.39, 0.29) is 5.91 Å². The van der Waals surface area contributed by atoms with Crippen molar-refractivity contribution in [1.82, 2.24) is 15.5 Å². The summed E-state index contributed by atoms with van der Waals surface area (Å²) in [6, 6.07) is 18.0. The van der Waals surface area contributed by atoms with Gasteiger partial charge < -0.3 is 9.84 Å². The molecule has 1 amide bonds. The molecule has 0 saturated carbocycles. The van der Waals surface area contributed by atoms with E-state index in [0.29, 0.717) is 31.1 Å². The highest BCUT2D eigenvalue weighted by molar-refractivity contribution is 5.76. The van der Waals surface area contributed by atoms with Crippen LogP contribution >= 0.6 is 0 Å². The van der Waals surface area contributed by atoms with Gasteiger partial charge in [0.25, 0.3) is 0 Å². The molecule has 3 rings (SSSR count). The SMILES string of the molecule is Cc1ccc(CCC(=O)NCCCc2nc(-c3ccccc3)no2)cc1. The van der Waals surface area contributed by atoms with E-state index in [1.54, 1.807) is 0 Å². The fourth-order valence-electron chi connectivity index (χ4n) is 2.63. The number of rotatable bonds is 8. The Morgan fingerprint density at radius 1 is 1.04 bits per heavy atom. The van der Waals surface area contributed by atoms with Crippen molar-refractivity contribution >= 4 is 5.91 Å². The van der Waals surface area contributed by atoms with Crippen LogP contribution in [0.1, 0.15) is 29.9 Å². The van der Waals surface area contributed by atoms with E-state index in [9.17, 15) is 4.79 Å². The number of nitrogens with one attached hydrogen (secondary N) is 1. The van der Waals surface area contributed by atoms with E-state index in [1.165, 1.54) is 11.1 Å². The molecule has 0 aliphatic heterocycles. The Hall–Kier alpha value is -2.95. The molecule has 0 fully saturated rings. The van der Waals surface area contributed by atoms with Gasteiger partial charge in [0.1, 0.15) is 0 Å². The minimum Gasteiger partial charge on any atom is -0.356 e. The Balaban J connectivity index is 1.35. The summed E-state index contributed by atoms with van der Waals surface area (Å²) in [5, 5.41) is 6.94. The van der Waals surface area contributed by atoms with Crippen molar-refractivity contribution in [1.29, 1.82) is 0 Å². The Labute approximate surface area is 153 Å². The summed E-state index contributed by atoms with van der Waals surface area (Å²) in [7, 11) is 0. The van der Waals surface area contributed by atoms with Gasteiger partial charge in [-0.1, -0.05) is 65.3 Å². The van der Waals surface area contributed by atoms with Crippen molar-refractivity contribution in [3.63, 3.8) is 0 Å². The number of carbonyl (C=O) groups excluding carboxylic acids is 1. The molecule has 2 aromatic carbocycles. The Kier molecular flexibility index (Phi) is 6.14. The molecule has 0 atom stereocenters. The monoisotopic (exact) mass is 349 g/mol. The van der Waals surface area contributed by atoms with Gasteiger partial charge in [0.15, 0.2) is 0 Å². The highest BCUT2D eigenvalue weighted by Crippen LogP contribution is 2.15. The number of aryl methyl sites for hydroxylation is 3. The third kappa shape index (κ3) is 5.28. The van der Waals surface area contributed by atoms with Gasteiger partial charge in [-0.25, -0.2) is 0 Å². The number of hydrogen-bond donors (Lipinski definition) is 1.